The van der Waals surface area contributed by atoms with Gasteiger partial charge < -0.3 is 4.74 Å². The van der Waals surface area contributed by atoms with E-state index in [2.05, 4.69) is 4.84 Å². The van der Waals surface area contributed by atoms with Gasteiger partial charge in [-0.2, -0.15) is 13.2 Å². The molecule has 0 bridgehead atoms. The molecule has 2 atom stereocenters. The molecule has 1 N–H and O–H groups in total. The summed E-state index contributed by atoms with van der Waals surface area (Å²) in [6.07, 6.45) is -8.11. The lowest BCUT2D eigenvalue weighted by atomic mass is 10.2. The van der Waals surface area contributed by atoms with Gasteiger partial charge in [-0.05, 0) is 27.2 Å². The highest BCUT2D eigenvalue weighted by Crippen LogP contribution is 2.24. The molecule has 0 spiro atoms. The van der Waals surface area contributed by atoms with Crippen LogP contribution in [0, 0.1) is 0 Å². The molecule has 1 saturated heterocycles. The number of ether oxygens (including phenoxy) is 1. The van der Waals surface area contributed by atoms with Crippen LogP contribution in [0.2, 0.25) is 0 Å². The lowest BCUT2D eigenvalue weighted by Gasteiger charge is -2.27. The quantitative estimate of drug-likeness (QED) is 0.466. The van der Waals surface area contributed by atoms with E-state index in [-0.39, 0.29) is 26.0 Å². The number of likely N-dealkylation sites (tertiary alicyclic amines) is 1. The smallest absolute Gasteiger partial charge is 0.411 e. The zero-order valence-electron chi connectivity index (χ0n) is 13.8. The lowest BCUT2D eigenvalue weighted by molar-refractivity contribution is -0.145. The van der Waals surface area contributed by atoms with Gasteiger partial charge in [0.1, 0.15) is 17.8 Å². The van der Waals surface area contributed by atoms with Crippen molar-refractivity contribution in [1.82, 2.24) is 10.4 Å². The van der Waals surface area contributed by atoms with Gasteiger partial charge in [-0.3, -0.25) is 14.5 Å². The molecule has 2 amide bonds. The number of nitrogens with one attached hydrogen (secondary N) is 1. The highest BCUT2D eigenvalue weighted by atomic mass is 19.4. The molecule has 0 aromatic heterocycles. The Kier molecular flexibility index (Phi) is 6.82. The van der Waals surface area contributed by atoms with Crippen LogP contribution in [0.4, 0.5) is 22.4 Å². The van der Waals surface area contributed by atoms with Crippen LogP contribution >= 0.6 is 0 Å². The Hall–Kier alpha value is -1.58. The third kappa shape index (κ3) is 7.33. The fourth-order valence-corrected chi connectivity index (χ4v) is 2.09. The minimum atomic E-state index is -4.30. The summed E-state index contributed by atoms with van der Waals surface area (Å²) in [6.45, 7) is 4.26. The van der Waals surface area contributed by atoms with Crippen LogP contribution in [0.1, 0.15) is 40.0 Å². The van der Waals surface area contributed by atoms with Crippen LogP contribution < -0.4 is 5.48 Å². The summed E-state index contributed by atoms with van der Waals surface area (Å²) in [7, 11) is 0. The Morgan fingerprint density at radius 2 is 1.88 bits per heavy atom. The second-order valence-electron chi connectivity index (χ2n) is 6.51. The Bertz CT molecular complexity index is 451. The summed E-state index contributed by atoms with van der Waals surface area (Å²) < 4.78 is 54.6. The first-order chi connectivity index (χ1) is 10.9. The second kappa shape index (κ2) is 8.00. The zero-order valence-corrected chi connectivity index (χ0v) is 13.8. The van der Waals surface area contributed by atoms with Crippen LogP contribution in [-0.2, 0) is 14.4 Å². The highest BCUT2D eigenvalue weighted by Gasteiger charge is 2.41. The fraction of sp³-hybridized carbons (Fsp3) is 0.857. The van der Waals surface area contributed by atoms with Gasteiger partial charge in [0.25, 0.3) is 5.91 Å². The Morgan fingerprint density at radius 3 is 2.42 bits per heavy atom. The predicted molar refractivity (Wildman–Crippen MR) is 75.6 cm³/mol. The molecule has 24 heavy (non-hydrogen) atoms. The first-order valence-electron chi connectivity index (χ1n) is 7.51. The maximum absolute atomic E-state index is 13.6. The van der Waals surface area contributed by atoms with E-state index in [0.717, 1.165) is 4.90 Å². The summed E-state index contributed by atoms with van der Waals surface area (Å²) in [5, 5.41) is 0. The maximum atomic E-state index is 13.6. The number of hydrogen-bond donors (Lipinski definition) is 1. The van der Waals surface area contributed by atoms with E-state index in [1.165, 1.54) is 0 Å². The predicted octanol–water partition coefficient (Wildman–Crippen LogP) is 2.72. The fourth-order valence-electron chi connectivity index (χ4n) is 2.09. The highest BCUT2D eigenvalue weighted by molar-refractivity contribution is 5.85. The third-order valence-corrected chi connectivity index (χ3v) is 3.06. The summed E-state index contributed by atoms with van der Waals surface area (Å²) in [5.74, 6) is -0.798. The molecule has 140 valence electrons. The zero-order chi connectivity index (χ0) is 18.5. The average Bonchev–Trinajstić information content (AvgIpc) is 2.77. The molecular weight excluding hydrogens is 336 g/mol. The van der Waals surface area contributed by atoms with Gasteiger partial charge in [0, 0.05) is 12.8 Å². The van der Waals surface area contributed by atoms with E-state index < -0.39 is 42.4 Å². The van der Waals surface area contributed by atoms with Crippen molar-refractivity contribution >= 4 is 12.0 Å². The lowest BCUT2D eigenvalue weighted by Crippen LogP contribution is -2.47. The second-order valence-corrected chi connectivity index (χ2v) is 6.51. The first kappa shape index (κ1) is 20.5. The van der Waals surface area contributed by atoms with Gasteiger partial charge in [-0.25, -0.2) is 14.7 Å². The molecule has 0 aromatic rings. The van der Waals surface area contributed by atoms with Gasteiger partial charge in [0.2, 0.25) is 0 Å². The Labute approximate surface area is 137 Å². The van der Waals surface area contributed by atoms with Gasteiger partial charge in [0.05, 0.1) is 13.2 Å². The molecule has 1 heterocycles. The van der Waals surface area contributed by atoms with Gasteiger partial charge in [0.15, 0.2) is 0 Å². The number of hydroxylamine groups is 1. The Morgan fingerprint density at radius 1 is 1.25 bits per heavy atom. The number of carbonyl (C=O) groups excluding carboxylic acids is 2. The van der Waals surface area contributed by atoms with Crippen LogP contribution in [0.25, 0.3) is 0 Å². The van der Waals surface area contributed by atoms with Crippen LogP contribution in [0.15, 0.2) is 0 Å². The van der Waals surface area contributed by atoms with Gasteiger partial charge >= 0.3 is 12.3 Å². The number of alkyl halides is 4. The van der Waals surface area contributed by atoms with Crippen molar-refractivity contribution in [2.24, 2.45) is 0 Å². The number of amides is 2. The van der Waals surface area contributed by atoms with Crippen molar-refractivity contribution in [2.45, 2.75) is 64.0 Å². The topological polar surface area (TPSA) is 67.9 Å². The third-order valence-electron chi connectivity index (χ3n) is 3.06. The molecule has 0 aromatic carbocycles. The summed E-state index contributed by atoms with van der Waals surface area (Å²) >= 11 is 0. The monoisotopic (exact) mass is 358 g/mol. The molecule has 1 fully saturated rings. The van der Waals surface area contributed by atoms with Gasteiger partial charge in [-0.15, -0.1) is 0 Å². The van der Waals surface area contributed by atoms with Gasteiger partial charge in [-0.1, -0.05) is 0 Å². The summed E-state index contributed by atoms with van der Waals surface area (Å²) in [5.41, 5.74) is 1.15. The minimum absolute atomic E-state index is 0.225. The van der Waals surface area contributed by atoms with E-state index >= 15 is 0 Å². The largest absolute Gasteiger partial charge is 0.444 e. The normalized spacial score (nSPS) is 21.7. The molecule has 0 radical (unpaired) electrons. The number of hydrogen-bond acceptors (Lipinski definition) is 4. The number of halogens is 4. The van der Waals surface area contributed by atoms with Crippen molar-refractivity contribution in [3.8, 4) is 0 Å². The van der Waals surface area contributed by atoms with Crippen LogP contribution in [0.3, 0.4) is 0 Å². The average molecular weight is 358 g/mol. The molecule has 0 saturated carbocycles. The van der Waals surface area contributed by atoms with E-state index in [1.54, 1.807) is 20.8 Å². The van der Waals surface area contributed by atoms with E-state index in [1.807, 2.05) is 5.48 Å². The van der Waals surface area contributed by atoms with Crippen LogP contribution in [0.5, 0.6) is 0 Å². The van der Waals surface area contributed by atoms with Crippen molar-refractivity contribution in [1.29, 1.82) is 0 Å². The molecular formula is C14H22F4N2O4. The van der Waals surface area contributed by atoms with Crippen molar-refractivity contribution < 1.29 is 36.7 Å². The van der Waals surface area contributed by atoms with Crippen molar-refractivity contribution in [3.63, 3.8) is 0 Å². The number of carbonyl (C=O) groups is 2. The van der Waals surface area contributed by atoms with E-state index in [4.69, 9.17) is 4.74 Å². The minimum Gasteiger partial charge on any atom is -0.444 e. The van der Waals surface area contributed by atoms with E-state index in [9.17, 15) is 27.2 Å². The standard InChI is InChI=1S/C14H22F4N2O4/c1-13(2,3)24-12(22)20-8-9(15)7-10(20)11(21)19-23-6-4-5-14(16,17)18/h9-10H,4-8H2,1-3H3,(H,19,21)/t9-,10-/m0/s1. The molecule has 1 aliphatic heterocycles. The van der Waals surface area contributed by atoms with Crippen molar-refractivity contribution in [2.75, 3.05) is 13.2 Å². The SMILES string of the molecule is CC(C)(C)OC(=O)N1C[C@@H](F)C[C@H]1C(=O)NOCCCC(F)(F)F. The molecule has 0 aliphatic carbocycles. The number of rotatable bonds is 5. The van der Waals surface area contributed by atoms with Crippen LogP contribution in [-0.4, -0.2) is 54.0 Å². The summed E-state index contributed by atoms with van der Waals surface area (Å²) in [4.78, 5) is 29.6. The maximum Gasteiger partial charge on any atom is 0.411 e. The molecule has 1 aliphatic rings. The summed E-state index contributed by atoms with van der Waals surface area (Å²) in [6, 6.07) is -1.13. The molecule has 0 unspecified atom stereocenters. The first-order valence-corrected chi connectivity index (χ1v) is 7.51. The molecule has 6 nitrogen and oxygen atoms in total. The van der Waals surface area contributed by atoms with E-state index in [0.29, 0.717) is 0 Å². The Balaban J connectivity index is 2.47. The van der Waals surface area contributed by atoms with Crippen molar-refractivity contribution in [3.05, 3.63) is 0 Å². The molecule has 10 heteroatoms. The molecule has 1 rings (SSSR count). The number of nitrogens with zero attached hydrogens (tertiary/aromatic N) is 1.